The van der Waals surface area contributed by atoms with E-state index in [1.54, 1.807) is 31.4 Å². The number of benzene rings is 4. The Labute approximate surface area is 244 Å². The van der Waals surface area contributed by atoms with Crippen LogP contribution in [0.5, 0.6) is 17.2 Å². The molecule has 0 bridgehead atoms. The third-order valence-electron chi connectivity index (χ3n) is 7.39. The fraction of sp³-hybridized carbons (Fsp3) is 0.156. The molecule has 216 valence electrons. The number of carbonyl (C=O) groups excluding carboxylic acids is 4. The fourth-order valence-electron chi connectivity index (χ4n) is 5.26. The zero-order valence-electron chi connectivity index (χ0n) is 22.9. The van der Waals surface area contributed by atoms with Gasteiger partial charge in [0.1, 0.15) is 30.5 Å². The average molecular weight is 581 g/mol. The van der Waals surface area contributed by atoms with Gasteiger partial charge < -0.3 is 19.3 Å². The van der Waals surface area contributed by atoms with Crippen LogP contribution in [0.15, 0.2) is 72.8 Å². The number of carboxylic acid groups (broad SMARTS) is 1. The molecule has 0 saturated heterocycles. The quantitative estimate of drug-likeness (QED) is 0.277. The summed E-state index contributed by atoms with van der Waals surface area (Å²) in [4.78, 5) is 66.9. The van der Waals surface area contributed by atoms with Crippen molar-refractivity contribution < 1.29 is 43.3 Å². The van der Waals surface area contributed by atoms with E-state index in [1.165, 1.54) is 48.5 Å². The molecule has 0 fully saturated rings. The van der Waals surface area contributed by atoms with Crippen molar-refractivity contribution in [3.8, 4) is 17.2 Å². The van der Waals surface area contributed by atoms with E-state index in [0.29, 0.717) is 17.2 Å². The zero-order valence-corrected chi connectivity index (χ0v) is 22.9. The monoisotopic (exact) mass is 580 g/mol. The Morgan fingerprint density at radius 1 is 0.581 bits per heavy atom. The van der Waals surface area contributed by atoms with Gasteiger partial charge in [-0.3, -0.25) is 29.0 Å². The highest BCUT2D eigenvalue weighted by Crippen LogP contribution is 2.37. The van der Waals surface area contributed by atoms with Crippen LogP contribution in [0.3, 0.4) is 0 Å². The van der Waals surface area contributed by atoms with Crippen LogP contribution in [0.1, 0.15) is 51.8 Å². The van der Waals surface area contributed by atoms with E-state index in [1.807, 2.05) is 0 Å². The first-order valence-corrected chi connectivity index (χ1v) is 13.3. The first kappa shape index (κ1) is 27.5. The second-order valence-electron chi connectivity index (χ2n) is 9.80. The summed E-state index contributed by atoms with van der Waals surface area (Å²) in [6, 6.07) is 18.7. The molecular formula is C32H24N2O9. The van der Waals surface area contributed by atoms with Crippen LogP contribution in [0.25, 0.3) is 10.8 Å². The highest BCUT2D eigenvalue weighted by atomic mass is 16.5. The van der Waals surface area contributed by atoms with E-state index >= 15 is 0 Å². The van der Waals surface area contributed by atoms with Gasteiger partial charge in [0.25, 0.3) is 23.6 Å². The second kappa shape index (κ2) is 10.9. The van der Waals surface area contributed by atoms with Crippen molar-refractivity contribution in [2.75, 3.05) is 33.4 Å². The Bertz CT molecular complexity index is 1740. The van der Waals surface area contributed by atoms with Gasteiger partial charge in [-0.25, -0.2) is 4.79 Å². The highest BCUT2D eigenvalue weighted by molar-refractivity contribution is 6.33. The van der Waals surface area contributed by atoms with Crippen LogP contribution in [0, 0.1) is 0 Å². The Morgan fingerprint density at radius 2 is 0.930 bits per heavy atom. The summed E-state index contributed by atoms with van der Waals surface area (Å²) in [5.74, 6) is -1.67. The van der Waals surface area contributed by atoms with Crippen molar-refractivity contribution >= 4 is 40.4 Å². The Balaban J connectivity index is 1.20. The number of amides is 4. The molecule has 4 aromatic carbocycles. The molecule has 6 rings (SSSR count). The second-order valence-corrected chi connectivity index (χ2v) is 9.80. The van der Waals surface area contributed by atoms with E-state index in [-0.39, 0.29) is 64.9 Å². The topological polar surface area (TPSA) is 140 Å². The van der Waals surface area contributed by atoms with Gasteiger partial charge in [-0.05, 0) is 72.8 Å². The van der Waals surface area contributed by atoms with Gasteiger partial charge in [-0.1, -0.05) is 0 Å². The number of carbonyl (C=O) groups is 5. The third-order valence-corrected chi connectivity index (χ3v) is 7.39. The molecule has 0 unspecified atom stereocenters. The summed E-state index contributed by atoms with van der Waals surface area (Å²) in [6.45, 7) is -0.0271. The smallest absolute Gasteiger partial charge is 0.335 e. The van der Waals surface area contributed by atoms with E-state index in [0.717, 1.165) is 9.80 Å². The summed E-state index contributed by atoms with van der Waals surface area (Å²) in [6.07, 6.45) is 0. The van der Waals surface area contributed by atoms with E-state index < -0.39 is 29.6 Å². The van der Waals surface area contributed by atoms with Crippen molar-refractivity contribution in [3.05, 3.63) is 101 Å². The lowest BCUT2D eigenvalue weighted by Gasteiger charge is -2.31. The molecule has 11 nitrogen and oxygen atoms in total. The molecule has 0 aromatic heterocycles. The first-order valence-electron chi connectivity index (χ1n) is 13.3. The van der Waals surface area contributed by atoms with Gasteiger partial charge in [0, 0.05) is 33.0 Å². The van der Waals surface area contributed by atoms with Crippen LogP contribution in [0.2, 0.25) is 0 Å². The van der Waals surface area contributed by atoms with Crippen LogP contribution in [-0.2, 0) is 0 Å². The van der Waals surface area contributed by atoms with Gasteiger partial charge in [-0.15, -0.1) is 0 Å². The third kappa shape index (κ3) is 4.80. The van der Waals surface area contributed by atoms with Crippen LogP contribution >= 0.6 is 0 Å². The summed E-state index contributed by atoms with van der Waals surface area (Å²) in [7, 11) is 1.56. The molecule has 2 aliphatic rings. The number of carboxylic acids is 1. The van der Waals surface area contributed by atoms with Gasteiger partial charge in [0.2, 0.25) is 0 Å². The fourth-order valence-corrected chi connectivity index (χ4v) is 5.26. The molecule has 11 heteroatoms. The predicted octanol–water partition coefficient (Wildman–Crippen LogP) is 3.90. The summed E-state index contributed by atoms with van der Waals surface area (Å²) in [5, 5.41) is 9.60. The number of methoxy groups -OCH3 is 1. The van der Waals surface area contributed by atoms with Crippen molar-refractivity contribution in [2.24, 2.45) is 0 Å². The summed E-state index contributed by atoms with van der Waals surface area (Å²) >= 11 is 0. The lowest BCUT2D eigenvalue weighted by molar-refractivity contribution is 0.0567. The average Bonchev–Trinajstić information content (AvgIpc) is 3.02. The molecule has 0 spiro atoms. The molecule has 1 N–H and O–H groups in total. The maximum atomic E-state index is 13.4. The maximum Gasteiger partial charge on any atom is 0.335 e. The van der Waals surface area contributed by atoms with Crippen LogP contribution < -0.4 is 14.2 Å². The van der Waals surface area contributed by atoms with Gasteiger partial charge in [-0.2, -0.15) is 0 Å². The minimum atomic E-state index is -1.07. The minimum Gasteiger partial charge on any atom is -0.497 e. The molecule has 2 aliphatic heterocycles. The highest BCUT2D eigenvalue weighted by Gasteiger charge is 2.39. The molecule has 4 aromatic rings. The Kier molecular flexibility index (Phi) is 6.98. The molecule has 2 heterocycles. The molecule has 4 amide bonds. The van der Waals surface area contributed by atoms with E-state index in [2.05, 4.69) is 0 Å². The summed E-state index contributed by atoms with van der Waals surface area (Å²) in [5.41, 5.74) is 0.965. The standard InChI is InChI=1S/C32H24N2O9/c1-41-19-6-8-21(9-7-19)43-17-15-34-30(37)24-12-10-22-26-23(11-13-25(27(24)26)31(34)38)29(36)33(28(22)35)14-16-42-20-4-2-18(3-5-20)32(39)40/h2-13H,14-17H2,1H3,(H,39,40). The van der Waals surface area contributed by atoms with Gasteiger partial charge in [0.15, 0.2) is 0 Å². The maximum absolute atomic E-state index is 13.4. The van der Waals surface area contributed by atoms with Gasteiger partial charge in [0.05, 0.1) is 25.8 Å². The SMILES string of the molecule is COc1ccc(OCCN2C(=O)c3ccc4c5c(ccc(c35)C2=O)C(=O)N(CCOc2ccc(C(=O)O)cc2)C4=O)cc1. The van der Waals surface area contributed by atoms with Crippen molar-refractivity contribution in [3.63, 3.8) is 0 Å². The largest absolute Gasteiger partial charge is 0.497 e. The molecule has 0 radical (unpaired) electrons. The minimum absolute atomic E-state index is 0.00119. The number of ether oxygens (including phenoxy) is 3. The van der Waals surface area contributed by atoms with Crippen molar-refractivity contribution in [1.82, 2.24) is 9.80 Å². The van der Waals surface area contributed by atoms with Gasteiger partial charge >= 0.3 is 5.97 Å². The number of rotatable bonds is 10. The lowest BCUT2D eigenvalue weighted by Crippen LogP contribution is -2.45. The zero-order chi connectivity index (χ0) is 30.2. The van der Waals surface area contributed by atoms with Crippen molar-refractivity contribution in [1.29, 1.82) is 0 Å². The molecule has 0 atom stereocenters. The van der Waals surface area contributed by atoms with E-state index in [4.69, 9.17) is 19.3 Å². The lowest BCUT2D eigenvalue weighted by atomic mass is 9.86. The normalized spacial score (nSPS) is 13.9. The van der Waals surface area contributed by atoms with Crippen LogP contribution in [-0.4, -0.2) is 77.9 Å². The first-order chi connectivity index (χ1) is 20.8. The molecule has 0 aliphatic carbocycles. The molecule has 43 heavy (non-hydrogen) atoms. The Morgan fingerprint density at radius 3 is 1.28 bits per heavy atom. The van der Waals surface area contributed by atoms with Crippen LogP contribution in [0.4, 0.5) is 0 Å². The van der Waals surface area contributed by atoms with E-state index in [9.17, 15) is 24.0 Å². The predicted molar refractivity (Wildman–Crippen MR) is 152 cm³/mol. The number of imide groups is 2. The number of hydrogen-bond acceptors (Lipinski definition) is 8. The number of nitrogens with zero attached hydrogens (tertiary/aromatic N) is 2. The number of aromatic carboxylic acids is 1. The Hall–Kier alpha value is -5.71. The molecular weight excluding hydrogens is 556 g/mol. The summed E-state index contributed by atoms with van der Waals surface area (Å²) < 4.78 is 16.5. The molecule has 0 saturated carbocycles. The van der Waals surface area contributed by atoms with Crippen molar-refractivity contribution in [2.45, 2.75) is 0 Å². The number of hydrogen-bond donors (Lipinski definition) is 1.